The largest absolute Gasteiger partial charge is 0.385 e. The molecule has 1 atom stereocenters. The van der Waals surface area contributed by atoms with Crippen LogP contribution in [0.15, 0.2) is 55.1 Å². The lowest BCUT2D eigenvalue weighted by atomic mass is 9.85. The maximum Gasteiger partial charge on any atom is 0.246 e. The number of carbonyl (C=O) groups excluding carboxylic acids is 1. The van der Waals surface area contributed by atoms with Gasteiger partial charge in [0.2, 0.25) is 5.91 Å². The summed E-state index contributed by atoms with van der Waals surface area (Å²) in [5, 5.41) is 0. The van der Waals surface area contributed by atoms with Crippen molar-refractivity contribution in [2.75, 3.05) is 12.3 Å². The van der Waals surface area contributed by atoms with Crippen molar-refractivity contribution in [2.45, 2.75) is 12.5 Å². The van der Waals surface area contributed by atoms with Crippen LogP contribution in [0, 0.1) is 0 Å². The third kappa shape index (κ3) is 2.93. The van der Waals surface area contributed by atoms with Gasteiger partial charge in [0.05, 0.1) is 10.9 Å². The Bertz CT molecular complexity index is 991. The first-order valence-corrected chi connectivity index (χ1v) is 9.49. The zero-order chi connectivity index (χ0) is 18.3. The van der Waals surface area contributed by atoms with Crippen molar-refractivity contribution < 1.29 is 4.79 Å². The molecule has 0 saturated heterocycles. The molecule has 6 heteroatoms. The number of thiophene rings is 1. The molecule has 1 amide bonds. The van der Waals surface area contributed by atoms with Crippen LogP contribution in [0.4, 0.5) is 5.82 Å². The number of halogens is 1. The molecule has 0 fully saturated rings. The minimum absolute atomic E-state index is 0.0483. The normalized spacial score (nSPS) is 16.3. The molecule has 4 nitrogen and oxygen atoms in total. The van der Waals surface area contributed by atoms with Crippen molar-refractivity contribution in [3.05, 3.63) is 75.5 Å². The van der Waals surface area contributed by atoms with E-state index < -0.39 is 0 Å². The lowest BCUT2D eigenvalue weighted by molar-refractivity contribution is -0.127. The summed E-state index contributed by atoms with van der Waals surface area (Å²) in [7, 11) is 0. The van der Waals surface area contributed by atoms with Gasteiger partial charge in [0.15, 0.2) is 0 Å². The maximum atomic E-state index is 12.3. The minimum Gasteiger partial charge on any atom is -0.385 e. The van der Waals surface area contributed by atoms with E-state index in [4.69, 9.17) is 17.3 Å². The van der Waals surface area contributed by atoms with Crippen molar-refractivity contribution in [1.82, 2.24) is 9.88 Å². The lowest BCUT2D eigenvalue weighted by Gasteiger charge is -2.33. The number of nitrogens with two attached hydrogens (primary N) is 1. The van der Waals surface area contributed by atoms with E-state index in [1.54, 1.807) is 0 Å². The zero-order valence-electron chi connectivity index (χ0n) is 14.0. The number of amides is 1. The van der Waals surface area contributed by atoms with Gasteiger partial charge in [0.25, 0.3) is 0 Å². The molecule has 3 aromatic rings. The molecule has 2 aromatic heterocycles. The van der Waals surface area contributed by atoms with E-state index in [9.17, 15) is 4.79 Å². The van der Waals surface area contributed by atoms with Crippen molar-refractivity contribution in [2.24, 2.45) is 0 Å². The Balaban J connectivity index is 1.84. The highest BCUT2D eigenvalue weighted by atomic mass is 35.5. The number of hydrogen-bond acceptors (Lipinski definition) is 3. The fourth-order valence-electron chi connectivity index (χ4n) is 3.56. The Labute approximate surface area is 160 Å². The van der Waals surface area contributed by atoms with Crippen LogP contribution in [-0.4, -0.2) is 22.3 Å². The Morgan fingerprint density at radius 2 is 2.12 bits per heavy atom. The number of aromatic amines is 1. The van der Waals surface area contributed by atoms with E-state index in [2.05, 4.69) is 23.7 Å². The van der Waals surface area contributed by atoms with Crippen LogP contribution in [0.25, 0.3) is 11.3 Å². The highest BCUT2D eigenvalue weighted by molar-refractivity contribution is 7.16. The van der Waals surface area contributed by atoms with Gasteiger partial charge in [-0.3, -0.25) is 4.79 Å². The van der Waals surface area contributed by atoms with Crippen molar-refractivity contribution >= 4 is 34.7 Å². The van der Waals surface area contributed by atoms with E-state index in [0.29, 0.717) is 18.9 Å². The zero-order valence-corrected chi connectivity index (χ0v) is 15.6. The third-order valence-corrected chi connectivity index (χ3v) is 6.01. The first kappa shape index (κ1) is 16.9. The van der Waals surface area contributed by atoms with E-state index in [-0.39, 0.29) is 11.8 Å². The highest BCUT2D eigenvalue weighted by Gasteiger charge is 2.31. The SMILES string of the molecule is C=CC(=O)N1Cc2sc(Cl)cc2[C@H](c2ccccc2-c2ccc(N)[nH]2)C1. The summed E-state index contributed by atoms with van der Waals surface area (Å²) in [6.45, 7) is 4.80. The number of nitrogens with zero attached hydrogens (tertiary/aromatic N) is 1. The summed E-state index contributed by atoms with van der Waals surface area (Å²) in [6.07, 6.45) is 1.37. The molecular formula is C20H18ClN3OS. The Kier molecular flexibility index (Phi) is 4.34. The van der Waals surface area contributed by atoms with Gasteiger partial charge in [-0.15, -0.1) is 11.3 Å². The molecule has 0 bridgehead atoms. The molecule has 132 valence electrons. The predicted octanol–water partition coefficient (Wildman–Crippen LogP) is 4.64. The number of rotatable bonds is 3. The number of fused-ring (bicyclic) bond motifs is 1. The van der Waals surface area contributed by atoms with E-state index >= 15 is 0 Å². The average molecular weight is 384 g/mol. The molecule has 3 heterocycles. The van der Waals surface area contributed by atoms with Crippen LogP contribution in [0.1, 0.15) is 21.9 Å². The molecule has 1 aliphatic rings. The van der Waals surface area contributed by atoms with E-state index in [1.165, 1.54) is 23.0 Å². The van der Waals surface area contributed by atoms with Gasteiger partial charge >= 0.3 is 0 Å². The van der Waals surface area contributed by atoms with E-state index in [0.717, 1.165) is 26.0 Å². The fourth-order valence-corrected chi connectivity index (χ4v) is 4.92. The number of benzene rings is 1. The van der Waals surface area contributed by atoms with Crippen LogP contribution in [0.3, 0.4) is 0 Å². The standard InChI is InChI=1S/C20H18ClN3OS/c1-2-20(25)24-10-15(14-9-18(21)26-17(14)11-24)12-5-3-4-6-13(12)16-7-8-19(22)23-16/h2-9,15,23H,1,10-11,22H2/t15-/m0/s1. The summed E-state index contributed by atoms with van der Waals surface area (Å²) in [5.74, 6) is 0.611. The molecule has 0 spiro atoms. The minimum atomic E-state index is -0.0632. The fraction of sp³-hybridized carbons (Fsp3) is 0.150. The number of hydrogen-bond donors (Lipinski definition) is 2. The molecule has 26 heavy (non-hydrogen) atoms. The number of carbonyl (C=O) groups is 1. The molecule has 1 aliphatic heterocycles. The van der Waals surface area contributed by atoms with Gasteiger partial charge < -0.3 is 15.6 Å². The molecule has 1 aromatic carbocycles. The summed E-state index contributed by atoms with van der Waals surface area (Å²) >= 11 is 7.83. The van der Waals surface area contributed by atoms with Gasteiger partial charge in [-0.25, -0.2) is 0 Å². The number of nitrogen functional groups attached to an aromatic ring is 1. The molecule has 3 N–H and O–H groups in total. The Morgan fingerprint density at radius 3 is 2.85 bits per heavy atom. The third-order valence-electron chi connectivity index (χ3n) is 4.75. The first-order chi connectivity index (χ1) is 12.6. The van der Waals surface area contributed by atoms with Gasteiger partial charge in [-0.1, -0.05) is 42.4 Å². The summed E-state index contributed by atoms with van der Waals surface area (Å²) < 4.78 is 0.745. The Hall–Kier alpha value is -2.50. The molecule has 0 unspecified atom stereocenters. The Morgan fingerprint density at radius 1 is 1.31 bits per heavy atom. The number of aromatic nitrogens is 1. The van der Waals surface area contributed by atoms with E-state index in [1.807, 2.05) is 35.2 Å². The second-order valence-electron chi connectivity index (χ2n) is 6.32. The lowest BCUT2D eigenvalue weighted by Crippen LogP contribution is -2.37. The average Bonchev–Trinajstić information content (AvgIpc) is 3.24. The topological polar surface area (TPSA) is 62.1 Å². The molecule has 4 rings (SSSR count). The molecule has 0 radical (unpaired) electrons. The number of anilines is 1. The molecular weight excluding hydrogens is 366 g/mol. The van der Waals surface area contributed by atoms with Crippen LogP contribution in [-0.2, 0) is 11.3 Å². The van der Waals surface area contributed by atoms with Crippen molar-refractivity contribution in [3.63, 3.8) is 0 Å². The monoisotopic (exact) mass is 383 g/mol. The first-order valence-electron chi connectivity index (χ1n) is 8.30. The van der Waals surface area contributed by atoms with Gasteiger partial charge in [0.1, 0.15) is 5.82 Å². The van der Waals surface area contributed by atoms with Crippen molar-refractivity contribution in [1.29, 1.82) is 0 Å². The van der Waals surface area contributed by atoms with Crippen LogP contribution in [0.2, 0.25) is 4.34 Å². The molecule has 0 saturated carbocycles. The van der Waals surface area contributed by atoms with Gasteiger partial charge in [-0.05, 0) is 35.4 Å². The van der Waals surface area contributed by atoms with Crippen molar-refractivity contribution in [3.8, 4) is 11.3 Å². The summed E-state index contributed by atoms with van der Waals surface area (Å²) in [4.78, 5) is 18.4. The van der Waals surface area contributed by atoms with Crippen LogP contribution >= 0.6 is 22.9 Å². The smallest absolute Gasteiger partial charge is 0.246 e. The van der Waals surface area contributed by atoms with Crippen LogP contribution < -0.4 is 5.73 Å². The second kappa shape index (κ2) is 6.67. The second-order valence-corrected chi connectivity index (χ2v) is 8.09. The number of H-pyrrole nitrogens is 1. The number of nitrogens with one attached hydrogen (secondary N) is 1. The highest BCUT2D eigenvalue weighted by Crippen LogP contribution is 2.42. The maximum absolute atomic E-state index is 12.3. The summed E-state index contributed by atoms with van der Waals surface area (Å²) in [5.41, 5.74) is 10.3. The quantitative estimate of drug-likeness (QED) is 0.647. The predicted molar refractivity (Wildman–Crippen MR) is 107 cm³/mol. The summed E-state index contributed by atoms with van der Waals surface area (Å²) in [6, 6.07) is 14.1. The van der Waals surface area contributed by atoms with Crippen LogP contribution in [0.5, 0.6) is 0 Å². The van der Waals surface area contributed by atoms with Gasteiger partial charge in [-0.2, -0.15) is 0 Å². The molecule has 0 aliphatic carbocycles. The van der Waals surface area contributed by atoms with Gasteiger partial charge in [0, 0.05) is 28.6 Å².